The van der Waals surface area contributed by atoms with Gasteiger partial charge in [0.1, 0.15) is 11.8 Å². The fourth-order valence-corrected chi connectivity index (χ4v) is 2.50. The number of hydrogen-bond acceptors (Lipinski definition) is 2. The van der Waals surface area contributed by atoms with Gasteiger partial charge in [0, 0.05) is 5.56 Å². The van der Waals surface area contributed by atoms with Gasteiger partial charge in [0.05, 0.1) is 5.36 Å². The molecule has 2 nitrogen and oxygen atoms in total. The van der Waals surface area contributed by atoms with Gasteiger partial charge in [0.15, 0.2) is 0 Å². The van der Waals surface area contributed by atoms with Gasteiger partial charge in [0.25, 0.3) is 0 Å². The third-order valence-electron chi connectivity index (χ3n) is 3.36. The first-order valence-corrected chi connectivity index (χ1v) is 5.95. The van der Waals surface area contributed by atoms with E-state index >= 15 is 0 Å². The second-order valence-corrected chi connectivity index (χ2v) is 4.67. The molecule has 0 saturated heterocycles. The van der Waals surface area contributed by atoms with Gasteiger partial charge >= 0.3 is 0 Å². The molecule has 0 bridgehead atoms. The van der Waals surface area contributed by atoms with Gasteiger partial charge < -0.3 is 0 Å². The van der Waals surface area contributed by atoms with Gasteiger partial charge in [-0.15, -0.1) is 0 Å². The van der Waals surface area contributed by atoms with Crippen LogP contribution in [0.2, 0.25) is 0 Å². The molecule has 18 heavy (non-hydrogen) atoms. The van der Waals surface area contributed by atoms with Crippen LogP contribution in [0, 0.1) is 0 Å². The molecule has 0 N–H and O–H groups in total. The van der Waals surface area contributed by atoms with E-state index in [1.807, 2.05) is 55.5 Å². The Hall–Kier alpha value is -2.22. The average Bonchev–Trinajstić information content (AvgIpc) is 2.76. The minimum atomic E-state index is -0.443. The second-order valence-electron chi connectivity index (χ2n) is 4.67. The standard InChI is InChI=1S/C16H13NO/c1-16(14-8-4-2-7-13(14)11-18)10-12-6-3-5-9-15(12)17-16/h2-11H,1H3. The maximum atomic E-state index is 11.1. The van der Waals surface area contributed by atoms with Crippen molar-refractivity contribution in [3.8, 4) is 0 Å². The number of fused-ring (bicyclic) bond motifs is 1. The third kappa shape index (κ3) is 1.58. The second kappa shape index (κ2) is 3.91. The smallest absolute Gasteiger partial charge is 0.150 e. The van der Waals surface area contributed by atoms with Crippen LogP contribution < -0.4 is 10.6 Å². The van der Waals surface area contributed by atoms with E-state index in [4.69, 9.17) is 4.99 Å². The SMILES string of the molecule is CC1(c2ccccc2C=O)C=c2ccccc2=N1. The van der Waals surface area contributed by atoms with Gasteiger partial charge in [-0.1, -0.05) is 42.5 Å². The minimum Gasteiger partial charge on any atom is -0.298 e. The van der Waals surface area contributed by atoms with Gasteiger partial charge in [-0.3, -0.25) is 9.79 Å². The summed E-state index contributed by atoms with van der Waals surface area (Å²) in [6.45, 7) is 2.04. The lowest BCUT2D eigenvalue weighted by Gasteiger charge is -2.20. The highest BCUT2D eigenvalue weighted by Crippen LogP contribution is 2.30. The quantitative estimate of drug-likeness (QED) is 0.730. The molecule has 1 aliphatic rings. The van der Waals surface area contributed by atoms with Crippen molar-refractivity contribution in [1.82, 2.24) is 0 Å². The highest BCUT2D eigenvalue weighted by atomic mass is 16.1. The van der Waals surface area contributed by atoms with Crippen LogP contribution in [0.3, 0.4) is 0 Å². The molecule has 0 spiro atoms. The first kappa shape index (κ1) is 10.9. The molecule has 1 aliphatic heterocycles. The Morgan fingerprint density at radius 2 is 1.78 bits per heavy atom. The summed E-state index contributed by atoms with van der Waals surface area (Å²) in [6.07, 6.45) is 3.01. The molecular formula is C16H13NO. The van der Waals surface area contributed by atoms with E-state index in [9.17, 15) is 4.79 Å². The lowest BCUT2D eigenvalue weighted by molar-refractivity contribution is 0.112. The van der Waals surface area contributed by atoms with Crippen molar-refractivity contribution in [1.29, 1.82) is 0 Å². The van der Waals surface area contributed by atoms with E-state index in [0.717, 1.165) is 22.4 Å². The van der Waals surface area contributed by atoms with E-state index in [1.165, 1.54) is 0 Å². The molecule has 0 aliphatic carbocycles. The number of aldehydes is 1. The minimum absolute atomic E-state index is 0.443. The van der Waals surface area contributed by atoms with Crippen molar-refractivity contribution < 1.29 is 4.79 Å². The molecule has 0 saturated carbocycles. The average molecular weight is 235 g/mol. The Kier molecular flexibility index (Phi) is 2.37. The monoisotopic (exact) mass is 235 g/mol. The summed E-state index contributed by atoms with van der Waals surface area (Å²) in [5, 5.41) is 2.11. The van der Waals surface area contributed by atoms with Crippen LogP contribution >= 0.6 is 0 Å². The number of carbonyl (C=O) groups is 1. The van der Waals surface area contributed by atoms with Crippen molar-refractivity contribution in [2.75, 3.05) is 0 Å². The van der Waals surface area contributed by atoms with Crippen molar-refractivity contribution in [2.24, 2.45) is 4.99 Å². The van der Waals surface area contributed by atoms with Crippen LogP contribution in [0.1, 0.15) is 22.8 Å². The zero-order chi connectivity index (χ0) is 12.6. The molecule has 88 valence electrons. The van der Waals surface area contributed by atoms with Crippen LogP contribution in [0.5, 0.6) is 0 Å². The first-order valence-electron chi connectivity index (χ1n) is 5.95. The highest BCUT2D eigenvalue weighted by Gasteiger charge is 2.27. The summed E-state index contributed by atoms with van der Waals surface area (Å²) in [7, 11) is 0. The first-order chi connectivity index (χ1) is 8.73. The molecule has 0 aromatic heterocycles. The lowest BCUT2D eigenvalue weighted by atomic mass is 9.89. The summed E-state index contributed by atoms with van der Waals surface area (Å²) < 4.78 is 0. The Labute approximate surface area is 105 Å². The van der Waals surface area contributed by atoms with Crippen LogP contribution in [0.4, 0.5) is 0 Å². The van der Waals surface area contributed by atoms with Crippen LogP contribution in [0.15, 0.2) is 53.5 Å². The molecule has 2 heteroatoms. The summed E-state index contributed by atoms with van der Waals surface area (Å²) in [4.78, 5) is 15.9. The van der Waals surface area contributed by atoms with Gasteiger partial charge in [-0.25, -0.2) is 0 Å². The van der Waals surface area contributed by atoms with Gasteiger partial charge in [-0.05, 0) is 29.8 Å². The Morgan fingerprint density at radius 1 is 1.06 bits per heavy atom. The molecule has 1 atom stereocenters. The van der Waals surface area contributed by atoms with Crippen molar-refractivity contribution in [3.63, 3.8) is 0 Å². The molecule has 1 heterocycles. The van der Waals surface area contributed by atoms with Crippen LogP contribution in [-0.4, -0.2) is 6.29 Å². The normalized spacial score (nSPS) is 20.7. The number of hydrogen-bond donors (Lipinski definition) is 0. The number of para-hydroxylation sites is 1. The summed E-state index contributed by atoms with van der Waals surface area (Å²) in [6, 6.07) is 15.7. The fourth-order valence-electron chi connectivity index (χ4n) is 2.50. The molecule has 2 aromatic rings. The molecule has 2 aromatic carbocycles. The lowest BCUT2D eigenvalue weighted by Crippen LogP contribution is -2.19. The maximum Gasteiger partial charge on any atom is 0.150 e. The predicted molar refractivity (Wildman–Crippen MR) is 70.9 cm³/mol. The molecule has 0 radical (unpaired) electrons. The van der Waals surface area contributed by atoms with E-state index in [2.05, 4.69) is 6.08 Å². The zero-order valence-corrected chi connectivity index (χ0v) is 10.1. The van der Waals surface area contributed by atoms with Crippen molar-refractivity contribution in [3.05, 3.63) is 70.2 Å². The molecule has 3 rings (SSSR count). The van der Waals surface area contributed by atoms with Crippen molar-refractivity contribution in [2.45, 2.75) is 12.5 Å². The summed E-state index contributed by atoms with van der Waals surface area (Å²) in [5.74, 6) is 0. The summed E-state index contributed by atoms with van der Waals surface area (Å²) >= 11 is 0. The largest absolute Gasteiger partial charge is 0.298 e. The topological polar surface area (TPSA) is 29.4 Å². The van der Waals surface area contributed by atoms with Crippen LogP contribution in [-0.2, 0) is 5.54 Å². The molecule has 1 unspecified atom stereocenters. The molecule has 0 amide bonds. The third-order valence-corrected chi connectivity index (χ3v) is 3.36. The van der Waals surface area contributed by atoms with E-state index in [0.29, 0.717) is 5.56 Å². The van der Waals surface area contributed by atoms with Gasteiger partial charge in [0.2, 0.25) is 0 Å². The Balaban J connectivity index is 2.25. The van der Waals surface area contributed by atoms with Crippen LogP contribution in [0.25, 0.3) is 6.08 Å². The van der Waals surface area contributed by atoms with E-state index < -0.39 is 5.54 Å². The van der Waals surface area contributed by atoms with Crippen molar-refractivity contribution >= 4 is 12.4 Å². The summed E-state index contributed by atoms with van der Waals surface area (Å²) in [5.41, 5.74) is 1.21. The van der Waals surface area contributed by atoms with E-state index in [-0.39, 0.29) is 0 Å². The fraction of sp³-hybridized carbons (Fsp3) is 0.125. The Morgan fingerprint density at radius 3 is 2.56 bits per heavy atom. The molecule has 0 fully saturated rings. The molecular weight excluding hydrogens is 222 g/mol. The zero-order valence-electron chi connectivity index (χ0n) is 10.1. The predicted octanol–water partition coefficient (Wildman–Crippen LogP) is 1.83. The van der Waals surface area contributed by atoms with E-state index in [1.54, 1.807) is 0 Å². The maximum absolute atomic E-state index is 11.1. The highest BCUT2D eigenvalue weighted by molar-refractivity contribution is 5.79. The number of nitrogens with zero attached hydrogens (tertiary/aromatic N) is 1. The number of rotatable bonds is 2. The Bertz CT molecular complexity index is 696. The number of carbonyl (C=O) groups excluding carboxylic acids is 1. The van der Waals surface area contributed by atoms with Gasteiger partial charge in [-0.2, -0.15) is 0 Å². The number of benzene rings is 2.